The number of ketones is 1. The lowest BCUT2D eigenvalue weighted by Gasteiger charge is -2.27. The van der Waals surface area contributed by atoms with Gasteiger partial charge in [0.1, 0.15) is 11.5 Å². The Morgan fingerprint density at radius 1 is 1.30 bits per heavy atom. The number of Topliss-reactive ketones (excluding diaryl/α,β-unsaturated/α-hetero) is 1. The molecule has 2 N–H and O–H groups in total. The van der Waals surface area contributed by atoms with Gasteiger partial charge in [0, 0.05) is 24.8 Å². The number of carbonyl (C=O) groups excluding carboxylic acids is 2. The number of amides is 1. The van der Waals surface area contributed by atoms with E-state index >= 15 is 0 Å². The van der Waals surface area contributed by atoms with Crippen molar-refractivity contribution in [3.63, 3.8) is 0 Å². The highest BCUT2D eigenvalue weighted by Gasteiger charge is 2.14. The summed E-state index contributed by atoms with van der Waals surface area (Å²) in [6, 6.07) is 5.22. The van der Waals surface area contributed by atoms with Crippen molar-refractivity contribution in [1.29, 1.82) is 0 Å². The van der Waals surface area contributed by atoms with Gasteiger partial charge in [0.2, 0.25) is 0 Å². The van der Waals surface area contributed by atoms with Gasteiger partial charge in [-0.3, -0.25) is 9.59 Å². The summed E-state index contributed by atoms with van der Waals surface area (Å²) in [4.78, 5) is 32.7. The maximum Gasteiger partial charge on any atom is 0.272 e. The lowest BCUT2D eigenvalue weighted by atomic mass is 10.2. The number of aromatic amines is 1. The van der Waals surface area contributed by atoms with Crippen molar-refractivity contribution >= 4 is 23.2 Å². The van der Waals surface area contributed by atoms with Gasteiger partial charge in [0.25, 0.3) is 5.91 Å². The SMILES string of the molecule is CC(=O)c1c[nH]c(C(=O)Nc2ccc(N3CCOCC3)nc2)c1. The van der Waals surface area contributed by atoms with Gasteiger partial charge >= 0.3 is 0 Å². The standard InChI is InChI=1S/C16H18N4O3/c1-11(21)12-8-14(17-9-12)16(22)19-13-2-3-15(18-10-13)20-4-6-23-7-5-20/h2-3,8-10,17H,4-7H2,1H3,(H,19,22). The predicted molar refractivity (Wildman–Crippen MR) is 86.0 cm³/mol. The van der Waals surface area contributed by atoms with Gasteiger partial charge in [-0.25, -0.2) is 4.98 Å². The number of carbonyl (C=O) groups is 2. The van der Waals surface area contributed by atoms with Crippen LogP contribution in [-0.2, 0) is 4.74 Å². The Labute approximate surface area is 133 Å². The van der Waals surface area contributed by atoms with Crippen molar-refractivity contribution in [2.75, 3.05) is 36.5 Å². The van der Waals surface area contributed by atoms with E-state index in [0.29, 0.717) is 30.2 Å². The van der Waals surface area contributed by atoms with Crippen LogP contribution < -0.4 is 10.2 Å². The van der Waals surface area contributed by atoms with E-state index in [9.17, 15) is 9.59 Å². The topological polar surface area (TPSA) is 87.3 Å². The molecule has 0 aliphatic carbocycles. The van der Waals surface area contributed by atoms with Crippen LogP contribution in [0.3, 0.4) is 0 Å². The molecule has 1 aliphatic heterocycles. The van der Waals surface area contributed by atoms with Gasteiger partial charge in [-0.1, -0.05) is 0 Å². The molecule has 0 spiro atoms. The van der Waals surface area contributed by atoms with Crippen LogP contribution in [0, 0.1) is 0 Å². The van der Waals surface area contributed by atoms with E-state index in [0.717, 1.165) is 18.9 Å². The minimum Gasteiger partial charge on any atom is -0.378 e. The number of nitrogens with one attached hydrogen (secondary N) is 2. The number of anilines is 2. The van der Waals surface area contributed by atoms with Gasteiger partial charge in [0.15, 0.2) is 5.78 Å². The Morgan fingerprint density at radius 3 is 2.70 bits per heavy atom. The second-order valence-electron chi connectivity index (χ2n) is 5.32. The van der Waals surface area contributed by atoms with E-state index in [1.165, 1.54) is 19.2 Å². The van der Waals surface area contributed by atoms with Crippen LogP contribution in [0.25, 0.3) is 0 Å². The number of hydrogen-bond acceptors (Lipinski definition) is 5. The van der Waals surface area contributed by atoms with Gasteiger partial charge < -0.3 is 19.9 Å². The highest BCUT2D eigenvalue weighted by atomic mass is 16.5. The van der Waals surface area contributed by atoms with Crippen molar-refractivity contribution < 1.29 is 14.3 Å². The zero-order valence-corrected chi connectivity index (χ0v) is 12.8. The second kappa shape index (κ2) is 6.62. The van der Waals surface area contributed by atoms with Crippen molar-refractivity contribution in [2.24, 2.45) is 0 Å². The largest absolute Gasteiger partial charge is 0.378 e. The third-order valence-electron chi connectivity index (χ3n) is 3.67. The molecule has 120 valence electrons. The second-order valence-corrected chi connectivity index (χ2v) is 5.32. The van der Waals surface area contributed by atoms with E-state index in [1.54, 1.807) is 6.20 Å². The summed E-state index contributed by atoms with van der Waals surface area (Å²) in [5.41, 5.74) is 1.43. The number of nitrogens with zero attached hydrogens (tertiary/aromatic N) is 2. The summed E-state index contributed by atoms with van der Waals surface area (Å²) in [5.74, 6) is 0.472. The van der Waals surface area contributed by atoms with Crippen LogP contribution in [0.1, 0.15) is 27.8 Å². The molecule has 0 saturated carbocycles. The van der Waals surface area contributed by atoms with E-state index < -0.39 is 0 Å². The molecule has 7 nitrogen and oxygen atoms in total. The van der Waals surface area contributed by atoms with Crippen LogP contribution in [0.5, 0.6) is 0 Å². The first-order chi connectivity index (χ1) is 11.1. The highest BCUT2D eigenvalue weighted by molar-refractivity contribution is 6.05. The predicted octanol–water partition coefficient (Wildman–Crippen LogP) is 1.70. The zero-order valence-electron chi connectivity index (χ0n) is 12.8. The van der Waals surface area contributed by atoms with Gasteiger partial charge in [0.05, 0.1) is 25.1 Å². The number of pyridine rings is 1. The number of H-pyrrole nitrogens is 1. The Hall–Kier alpha value is -2.67. The first-order valence-electron chi connectivity index (χ1n) is 7.43. The zero-order chi connectivity index (χ0) is 16.2. The molecule has 1 fully saturated rings. The van der Waals surface area contributed by atoms with Gasteiger partial charge in [-0.15, -0.1) is 0 Å². The molecule has 3 rings (SSSR count). The molecular weight excluding hydrogens is 296 g/mol. The normalized spacial score (nSPS) is 14.6. The summed E-state index contributed by atoms with van der Waals surface area (Å²) < 4.78 is 5.31. The quantitative estimate of drug-likeness (QED) is 0.839. The van der Waals surface area contributed by atoms with Crippen LogP contribution in [0.4, 0.5) is 11.5 Å². The molecule has 3 heterocycles. The summed E-state index contributed by atoms with van der Waals surface area (Å²) in [6.07, 6.45) is 3.15. The number of rotatable bonds is 4. The summed E-state index contributed by atoms with van der Waals surface area (Å²) in [5, 5.41) is 2.75. The fourth-order valence-electron chi connectivity index (χ4n) is 2.37. The smallest absolute Gasteiger partial charge is 0.272 e. The van der Waals surface area contributed by atoms with Gasteiger partial charge in [-0.2, -0.15) is 0 Å². The third kappa shape index (κ3) is 3.57. The van der Waals surface area contributed by atoms with E-state index in [2.05, 4.69) is 20.2 Å². The minimum atomic E-state index is -0.307. The highest BCUT2D eigenvalue weighted by Crippen LogP contribution is 2.16. The molecule has 23 heavy (non-hydrogen) atoms. The van der Waals surface area contributed by atoms with Crippen molar-refractivity contribution in [3.05, 3.63) is 41.9 Å². The molecule has 1 saturated heterocycles. The van der Waals surface area contributed by atoms with Crippen LogP contribution >= 0.6 is 0 Å². The molecule has 1 aliphatic rings. The minimum absolute atomic E-state index is 0.0863. The molecule has 2 aromatic heterocycles. The van der Waals surface area contributed by atoms with Crippen molar-refractivity contribution in [1.82, 2.24) is 9.97 Å². The maximum atomic E-state index is 12.1. The average molecular weight is 314 g/mol. The molecule has 0 radical (unpaired) electrons. The van der Waals surface area contributed by atoms with Crippen LogP contribution in [0.2, 0.25) is 0 Å². The molecule has 0 aromatic carbocycles. The Bertz CT molecular complexity index is 702. The molecule has 1 amide bonds. The summed E-state index contributed by atoms with van der Waals surface area (Å²) in [7, 11) is 0. The molecule has 7 heteroatoms. The summed E-state index contributed by atoms with van der Waals surface area (Å²) >= 11 is 0. The number of ether oxygens (including phenoxy) is 1. The van der Waals surface area contributed by atoms with Gasteiger partial charge in [-0.05, 0) is 25.1 Å². The Morgan fingerprint density at radius 2 is 2.09 bits per heavy atom. The van der Waals surface area contributed by atoms with Crippen LogP contribution in [0.15, 0.2) is 30.6 Å². The maximum absolute atomic E-state index is 12.1. The fourth-order valence-corrected chi connectivity index (χ4v) is 2.37. The monoisotopic (exact) mass is 314 g/mol. The molecule has 0 bridgehead atoms. The van der Waals surface area contributed by atoms with Crippen molar-refractivity contribution in [3.8, 4) is 0 Å². The number of hydrogen-bond donors (Lipinski definition) is 2. The van der Waals surface area contributed by atoms with E-state index in [4.69, 9.17) is 4.74 Å². The first kappa shape index (κ1) is 15.2. The lowest BCUT2D eigenvalue weighted by Crippen LogP contribution is -2.36. The van der Waals surface area contributed by atoms with Crippen LogP contribution in [-0.4, -0.2) is 48.0 Å². The lowest BCUT2D eigenvalue weighted by molar-refractivity contribution is 0.101. The molecule has 0 atom stereocenters. The Kier molecular flexibility index (Phi) is 4.38. The van der Waals surface area contributed by atoms with Crippen molar-refractivity contribution in [2.45, 2.75) is 6.92 Å². The fraction of sp³-hybridized carbons (Fsp3) is 0.312. The molecule has 2 aromatic rings. The Balaban J connectivity index is 1.65. The van der Waals surface area contributed by atoms with E-state index in [-0.39, 0.29) is 11.7 Å². The molecule has 0 unspecified atom stereocenters. The third-order valence-corrected chi connectivity index (χ3v) is 3.67. The number of aromatic nitrogens is 2. The molecular formula is C16H18N4O3. The van der Waals surface area contributed by atoms with E-state index in [1.807, 2.05) is 12.1 Å². The average Bonchev–Trinajstić information content (AvgIpc) is 3.07. The first-order valence-corrected chi connectivity index (χ1v) is 7.43. The number of morpholine rings is 1. The summed E-state index contributed by atoms with van der Waals surface area (Å²) in [6.45, 7) is 4.49.